The molecule has 132 valence electrons. The zero-order chi connectivity index (χ0) is 18.4. The van der Waals surface area contributed by atoms with Crippen LogP contribution < -0.4 is 15.6 Å². The SMILES string of the molecule is Cc1cc(Br)c(NCC(=O)NN=Cc2ccc(N(C)C)cc2)c(Br)c1. The highest BCUT2D eigenvalue weighted by Gasteiger charge is 2.07. The lowest BCUT2D eigenvalue weighted by Gasteiger charge is -2.11. The fourth-order valence-electron chi connectivity index (χ4n) is 2.11. The lowest BCUT2D eigenvalue weighted by Crippen LogP contribution is -2.26. The summed E-state index contributed by atoms with van der Waals surface area (Å²) >= 11 is 6.98. The summed E-state index contributed by atoms with van der Waals surface area (Å²) in [6.07, 6.45) is 1.62. The molecule has 0 aromatic heterocycles. The van der Waals surface area contributed by atoms with Gasteiger partial charge >= 0.3 is 0 Å². The number of halogens is 2. The van der Waals surface area contributed by atoms with Crippen LogP contribution >= 0.6 is 31.9 Å². The van der Waals surface area contributed by atoms with Gasteiger partial charge in [0, 0.05) is 28.7 Å². The maximum atomic E-state index is 11.9. The molecule has 0 spiro atoms. The van der Waals surface area contributed by atoms with Crippen LogP contribution in [0.4, 0.5) is 11.4 Å². The molecule has 2 aromatic rings. The van der Waals surface area contributed by atoms with Crippen LogP contribution in [0.2, 0.25) is 0 Å². The Bertz CT molecular complexity index is 750. The van der Waals surface area contributed by atoms with E-state index in [1.807, 2.05) is 62.3 Å². The largest absolute Gasteiger partial charge is 0.378 e. The van der Waals surface area contributed by atoms with E-state index in [1.54, 1.807) is 6.21 Å². The van der Waals surface area contributed by atoms with Crippen LogP contribution in [0.5, 0.6) is 0 Å². The number of amides is 1. The van der Waals surface area contributed by atoms with E-state index in [0.717, 1.165) is 31.4 Å². The minimum Gasteiger partial charge on any atom is -0.378 e. The number of hydrazone groups is 1. The van der Waals surface area contributed by atoms with Crippen LogP contribution in [0, 0.1) is 6.92 Å². The van der Waals surface area contributed by atoms with Crippen LogP contribution in [0.15, 0.2) is 50.4 Å². The smallest absolute Gasteiger partial charge is 0.259 e. The molecular weight excluding hydrogens is 448 g/mol. The molecule has 0 saturated carbocycles. The van der Waals surface area contributed by atoms with Crippen molar-refractivity contribution in [2.45, 2.75) is 6.92 Å². The third-order valence-electron chi connectivity index (χ3n) is 3.42. The first-order chi connectivity index (χ1) is 11.9. The van der Waals surface area contributed by atoms with Crippen molar-refractivity contribution in [3.05, 3.63) is 56.5 Å². The molecule has 0 bridgehead atoms. The summed E-state index contributed by atoms with van der Waals surface area (Å²) in [5.74, 6) is -0.222. The Hall–Kier alpha value is -1.86. The molecule has 7 heteroatoms. The van der Waals surface area contributed by atoms with E-state index in [4.69, 9.17) is 0 Å². The lowest BCUT2D eigenvalue weighted by molar-refractivity contribution is -0.119. The summed E-state index contributed by atoms with van der Waals surface area (Å²) in [5.41, 5.74) is 6.51. The van der Waals surface area contributed by atoms with E-state index in [2.05, 4.69) is 47.7 Å². The summed E-state index contributed by atoms with van der Waals surface area (Å²) in [4.78, 5) is 13.9. The quantitative estimate of drug-likeness (QED) is 0.495. The Morgan fingerprint density at radius 2 is 1.76 bits per heavy atom. The predicted molar refractivity (Wildman–Crippen MR) is 112 cm³/mol. The Balaban J connectivity index is 1.86. The molecular formula is C18H20Br2N4O. The molecule has 5 nitrogen and oxygen atoms in total. The van der Waals surface area contributed by atoms with Gasteiger partial charge in [-0.2, -0.15) is 5.10 Å². The normalized spacial score (nSPS) is 10.8. The molecule has 0 aliphatic heterocycles. The van der Waals surface area contributed by atoms with Crippen molar-refractivity contribution in [1.29, 1.82) is 0 Å². The zero-order valence-corrected chi connectivity index (χ0v) is 17.5. The summed E-state index contributed by atoms with van der Waals surface area (Å²) in [5, 5.41) is 7.08. The highest BCUT2D eigenvalue weighted by molar-refractivity contribution is 9.11. The molecule has 0 aliphatic rings. The predicted octanol–water partition coefficient (Wildman–Crippen LogP) is 4.15. The van der Waals surface area contributed by atoms with Crippen molar-refractivity contribution in [3.63, 3.8) is 0 Å². The molecule has 0 saturated heterocycles. The molecule has 2 N–H and O–H groups in total. The minimum absolute atomic E-state index is 0.122. The van der Waals surface area contributed by atoms with E-state index in [0.29, 0.717) is 0 Å². The van der Waals surface area contributed by atoms with Gasteiger partial charge in [0.2, 0.25) is 0 Å². The zero-order valence-electron chi connectivity index (χ0n) is 14.3. The van der Waals surface area contributed by atoms with E-state index in [1.165, 1.54) is 0 Å². The average molecular weight is 468 g/mol. The second-order valence-corrected chi connectivity index (χ2v) is 7.44. The van der Waals surface area contributed by atoms with Crippen molar-refractivity contribution < 1.29 is 4.79 Å². The molecule has 1 amide bonds. The number of nitrogens with zero attached hydrogens (tertiary/aromatic N) is 2. The van der Waals surface area contributed by atoms with E-state index in [-0.39, 0.29) is 12.5 Å². The van der Waals surface area contributed by atoms with Gasteiger partial charge in [0.1, 0.15) is 0 Å². The molecule has 0 unspecified atom stereocenters. The van der Waals surface area contributed by atoms with Gasteiger partial charge in [-0.3, -0.25) is 4.79 Å². The number of hydrogen-bond acceptors (Lipinski definition) is 4. The molecule has 0 fully saturated rings. The van der Waals surface area contributed by atoms with Gasteiger partial charge in [-0.15, -0.1) is 0 Å². The number of carbonyl (C=O) groups excluding carboxylic acids is 1. The summed E-state index contributed by atoms with van der Waals surface area (Å²) < 4.78 is 1.80. The monoisotopic (exact) mass is 466 g/mol. The first-order valence-electron chi connectivity index (χ1n) is 7.65. The topological polar surface area (TPSA) is 56.7 Å². The van der Waals surface area contributed by atoms with Crippen LogP contribution in [-0.4, -0.2) is 32.8 Å². The van der Waals surface area contributed by atoms with E-state index in [9.17, 15) is 4.79 Å². The summed E-state index contributed by atoms with van der Waals surface area (Å²) in [7, 11) is 3.97. The second kappa shape index (κ2) is 9.01. The van der Waals surface area contributed by atoms with Gasteiger partial charge < -0.3 is 10.2 Å². The Morgan fingerprint density at radius 1 is 1.16 bits per heavy atom. The second-order valence-electron chi connectivity index (χ2n) is 5.74. The van der Waals surface area contributed by atoms with Crippen LogP contribution in [0.3, 0.4) is 0 Å². The molecule has 0 atom stereocenters. The third kappa shape index (κ3) is 5.86. The van der Waals surface area contributed by atoms with Gasteiger partial charge in [-0.25, -0.2) is 5.43 Å². The Labute approximate surface area is 164 Å². The maximum absolute atomic E-state index is 11.9. The molecule has 2 aromatic carbocycles. The molecule has 2 rings (SSSR count). The Morgan fingerprint density at radius 3 is 2.32 bits per heavy atom. The summed E-state index contributed by atoms with van der Waals surface area (Å²) in [6.45, 7) is 2.13. The average Bonchev–Trinajstić information content (AvgIpc) is 2.54. The van der Waals surface area contributed by atoms with Gasteiger partial charge in [0.25, 0.3) is 5.91 Å². The summed E-state index contributed by atoms with van der Waals surface area (Å²) in [6, 6.07) is 11.9. The van der Waals surface area contributed by atoms with Crippen molar-refractivity contribution in [2.75, 3.05) is 30.9 Å². The number of aryl methyl sites for hydroxylation is 1. The number of nitrogens with one attached hydrogen (secondary N) is 2. The van der Waals surface area contributed by atoms with E-state index < -0.39 is 0 Å². The van der Waals surface area contributed by atoms with Gasteiger partial charge in [-0.05, 0) is 74.2 Å². The number of carbonyl (C=O) groups is 1. The van der Waals surface area contributed by atoms with Gasteiger partial charge in [0.05, 0.1) is 18.4 Å². The molecule has 0 heterocycles. The number of anilines is 2. The van der Waals surface area contributed by atoms with Crippen LogP contribution in [-0.2, 0) is 4.79 Å². The highest BCUT2D eigenvalue weighted by atomic mass is 79.9. The number of rotatable bonds is 6. The van der Waals surface area contributed by atoms with Gasteiger partial charge in [-0.1, -0.05) is 12.1 Å². The standard InChI is InChI=1S/C18H20Br2N4O/c1-12-8-15(19)18(16(20)9-12)21-11-17(25)23-22-10-13-4-6-14(7-5-13)24(2)3/h4-10,21H,11H2,1-3H3,(H,23,25). The molecule has 0 radical (unpaired) electrons. The van der Waals surface area contributed by atoms with Crippen molar-refractivity contribution >= 4 is 55.4 Å². The van der Waals surface area contributed by atoms with Crippen LogP contribution in [0.25, 0.3) is 0 Å². The highest BCUT2D eigenvalue weighted by Crippen LogP contribution is 2.32. The number of benzene rings is 2. The van der Waals surface area contributed by atoms with Crippen LogP contribution in [0.1, 0.15) is 11.1 Å². The van der Waals surface area contributed by atoms with Crippen molar-refractivity contribution in [1.82, 2.24) is 5.43 Å². The van der Waals surface area contributed by atoms with Gasteiger partial charge in [0.15, 0.2) is 0 Å². The maximum Gasteiger partial charge on any atom is 0.259 e. The first kappa shape index (κ1) is 19.5. The number of hydrogen-bond donors (Lipinski definition) is 2. The van der Waals surface area contributed by atoms with Crippen molar-refractivity contribution in [2.24, 2.45) is 5.10 Å². The minimum atomic E-state index is -0.222. The van der Waals surface area contributed by atoms with Crippen molar-refractivity contribution in [3.8, 4) is 0 Å². The first-order valence-corrected chi connectivity index (χ1v) is 9.24. The molecule has 25 heavy (non-hydrogen) atoms. The third-order valence-corrected chi connectivity index (χ3v) is 4.68. The fraction of sp³-hybridized carbons (Fsp3) is 0.222. The fourth-order valence-corrected chi connectivity index (χ4v) is 3.81. The lowest BCUT2D eigenvalue weighted by atomic mass is 10.2. The molecule has 0 aliphatic carbocycles. The Kier molecular flexibility index (Phi) is 7.01. The van der Waals surface area contributed by atoms with E-state index >= 15 is 0 Å².